The highest BCUT2D eigenvalue weighted by Gasteiger charge is 2.25. The van der Waals surface area contributed by atoms with E-state index in [0.717, 1.165) is 18.0 Å². The number of benzene rings is 1. The minimum absolute atomic E-state index is 0.0395. The normalized spacial score (nSPS) is 17.3. The topological polar surface area (TPSA) is 45.2 Å². The number of hydrogen-bond donors (Lipinski definition) is 1. The molecule has 5 heteroatoms. The summed E-state index contributed by atoms with van der Waals surface area (Å²) in [6, 6.07) is 14.4. The maximum Gasteiger partial charge on any atom is 0.254 e. The molecule has 2 aromatic rings. The SMILES string of the molecule is CSc1ncccc1C(=O)NCC1CCCN1c1ccccc1. The minimum Gasteiger partial charge on any atom is -0.367 e. The number of carbonyl (C=O) groups is 1. The Bertz CT molecular complexity index is 662. The van der Waals surface area contributed by atoms with Crippen LogP contribution in [0.25, 0.3) is 0 Å². The monoisotopic (exact) mass is 327 g/mol. The second-order valence-electron chi connectivity index (χ2n) is 5.60. The highest BCUT2D eigenvalue weighted by atomic mass is 32.2. The van der Waals surface area contributed by atoms with Crippen molar-refractivity contribution in [3.63, 3.8) is 0 Å². The van der Waals surface area contributed by atoms with Gasteiger partial charge >= 0.3 is 0 Å². The second-order valence-corrected chi connectivity index (χ2v) is 6.39. The number of nitrogens with zero attached hydrogens (tertiary/aromatic N) is 2. The first-order chi connectivity index (χ1) is 11.3. The fraction of sp³-hybridized carbons (Fsp3) is 0.333. The van der Waals surface area contributed by atoms with E-state index in [1.807, 2.05) is 18.4 Å². The zero-order valence-corrected chi connectivity index (χ0v) is 14.1. The quantitative estimate of drug-likeness (QED) is 0.857. The van der Waals surface area contributed by atoms with Crippen LogP contribution in [0.2, 0.25) is 0 Å². The fourth-order valence-corrected chi connectivity index (χ4v) is 3.59. The van der Waals surface area contributed by atoms with Gasteiger partial charge in [-0.05, 0) is 43.4 Å². The summed E-state index contributed by atoms with van der Waals surface area (Å²) in [6.45, 7) is 1.71. The van der Waals surface area contributed by atoms with Crippen molar-refractivity contribution in [1.29, 1.82) is 0 Å². The first kappa shape index (κ1) is 15.9. The third-order valence-electron chi connectivity index (χ3n) is 4.17. The Morgan fingerprint density at radius 3 is 2.91 bits per heavy atom. The van der Waals surface area contributed by atoms with Gasteiger partial charge in [0.05, 0.1) is 5.56 Å². The lowest BCUT2D eigenvalue weighted by Crippen LogP contribution is -2.40. The van der Waals surface area contributed by atoms with Gasteiger partial charge < -0.3 is 10.2 Å². The predicted octanol–water partition coefficient (Wildman–Crippen LogP) is 3.20. The van der Waals surface area contributed by atoms with Crippen molar-refractivity contribution < 1.29 is 4.79 Å². The number of amides is 1. The van der Waals surface area contributed by atoms with Crippen LogP contribution in [-0.2, 0) is 0 Å². The summed E-state index contributed by atoms with van der Waals surface area (Å²) in [5.41, 5.74) is 1.89. The van der Waals surface area contributed by atoms with Gasteiger partial charge in [-0.25, -0.2) is 4.98 Å². The average Bonchev–Trinajstić information content (AvgIpc) is 3.09. The number of pyridine rings is 1. The third kappa shape index (κ3) is 3.67. The molecule has 1 saturated heterocycles. The molecule has 1 atom stereocenters. The Labute approximate surface area is 141 Å². The maximum atomic E-state index is 12.4. The Morgan fingerprint density at radius 2 is 2.13 bits per heavy atom. The van der Waals surface area contributed by atoms with E-state index in [2.05, 4.69) is 39.5 Å². The maximum absolute atomic E-state index is 12.4. The van der Waals surface area contributed by atoms with E-state index in [1.165, 1.54) is 23.9 Å². The highest BCUT2D eigenvalue weighted by molar-refractivity contribution is 7.98. The van der Waals surface area contributed by atoms with Gasteiger partial charge in [0, 0.05) is 31.0 Å². The lowest BCUT2D eigenvalue weighted by Gasteiger charge is -2.27. The van der Waals surface area contributed by atoms with E-state index in [9.17, 15) is 4.79 Å². The summed E-state index contributed by atoms with van der Waals surface area (Å²) in [5, 5.41) is 3.86. The van der Waals surface area contributed by atoms with Gasteiger partial charge in [-0.3, -0.25) is 4.79 Å². The van der Waals surface area contributed by atoms with Crippen molar-refractivity contribution in [2.45, 2.75) is 23.9 Å². The molecule has 1 aromatic carbocycles. The first-order valence-corrected chi connectivity index (χ1v) is 9.11. The third-order valence-corrected chi connectivity index (χ3v) is 4.88. The molecule has 4 nitrogen and oxygen atoms in total. The molecule has 0 bridgehead atoms. The second kappa shape index (κ2) is 7.51. The Morgan fingerprint density at radius 1 is 1.30 bits per heavy atom. The van der Waals surface area contributed by atoms with Crippen molar-refractivity contribution >= 4 is 23.4 Å². The van der Waals surface area contributed by atoms with Crippen LogP contribution in [0, 0.1) is 0 Å². The Balaban J connectivity index is 1.64. The van der Waals surface area contributed by atoms with Gasteiger partial charge in [0.15, 0.2) is 0 Å². The molecule has 1 amide bonds. The molecule has 0 radical (unpaired) electrons. The molecule has 1 aliphatic heterocycles. The largest absolute Gasteiger partial charge is 0.367 e. The lowest BCUT2D eigenvalue weighted by atomic mass is 10.2. The number of rotatable bonds is 5. The molecule has 0 spiro atoms. The Kier molecular flexibility index (Phi) is 5.18. The van der Waals surface area contributed by atoms with E-state index < -0.39 is 0 Å². The first-order valence-electron chi connectivity index (χ1n) is 7.88. The van der Waals surface area contributed by atoms with E-state index >= 15 is 0 Å². The summed E-state index contributed by atoms with van der Waals surface area (Å²) < 4.78 is 0. The summed E-state index contributed by atoms with van der Waals surface area (Å²) in [6.07, 6.45) is 5.93. The van der Waals surface area contributed by atoms with Crippen LogP contribution in [0.1, 0.15) is 23.2 Å². The fourth-order valence-electron chi connectivity index (χ4n) is 3.04. The summed E-state index contributed by atoms with van der Waals surface area (Å²) >= 11 is 1.50. The van der Waals surface area contributed by atoms with E-state index in [4.69, 9.17) is 0 Å². The van der Waals surface area contributed by atoms with E-state index in [1.54, 1.807) is 12.3 Å². The van der Waals surface area contributed by atoms with Crippen LogP contribution >= 0.6 is 11.8 Å². The summed E-state index contributed by atoms with van der Waals surface area (Å²) in [4.78, 5) is 19.1. The molecule has 3 rings (SSSR count). The van der Waals surface area contributed by atoms with Crippen molar-refractivity contribution in [2.24, 2.45) is 0 Å². The zero-order valence-electron chi connectivity index (χ0n) is 13.2. The molecule has 0 saturated carbocycles. The molecule has 1 aromatic heterocycles. The number of thioether (sulfide) groups is 1. The van der Waals surface area contributed by atoms with Crippen LogP contribution in [-0.4, -0.2) is 36.3 Å². The molecule has 120 valence electrons. The van der Waals surface area contributed by atoms with E-state index in [0.29, 0.717) is 18.2 Å². The van der Waals surface area contributed by atoms with Gasteiger partial charge in [0.1, 0.15) is 5.03 Å². The van der Waals surface area contributed by atoms with Crippen LogP contribution in [0.4, 0.5) is 5.69 Å². The Hall–Kier alpha value is -2.01. The molecule has 1 fully saturated rings. The van der Waals surface area contributed by atoms with Gasteiger partial charge in [-0.2, -0.15) is 0 Å². The van der Waals surface area contributed by atoms with Crippen molar-refractivity contribution in [3.8, 4) is 0 Å². The molecule has 0 aliphatic carbocycles. The van der Waals surface area contributed by atoms with E-state index in [-0.39, 0.29) is 5.91 Å². The highest BCUT2D eigenvalue weighted by Crippen LogP contribution is 2.25. The number of anilines is 1. The summed E-state index contributed by atoms with van der Waals surface area (Å²) in [5.74, 6) is -0.0395. The number of para-hydroxylation sites is 1. The molecule has 1 unspecified atom stereocenters. The number of aromatic nitrogens is 1. The zero-order chi connectivity index (χ0) is 16.1. The van der Waals surface area contributed by atoms with Crippen molar-refractivity contribution in [3.05, 3.63) is 54.2 Å². The van der Waals surface area contributed by atoms with Gasteiger partial charge in [0.2, 0.25) is 0 Å². The molecule has 1 N–H and O–H groups in total. The van der Waals surface area contributed by atoms with Crippen molar-refractivity contribution in [2.75, 3.05) is 24.2 Å². The standard InChI is InChI=1S/C18H21N3OS/c1-23-18-16(10-5-11-19-18)17(22)20-13-15-9-6-12-21(15)14-7-3-2-4-8-14/h2-5,7-8,10-11,15H,6,9,12-13H2,1H3,(H,20,22). The predicted molar refractivity (Wildman–Crippen MR) is 95.2 cm³/mol. The van der Waals surface area contributed by atoms with Crippen LogP contribution in [0.15, 0.2) is 53.7 Å². The molecular formula is C18H21N3OS. The molecule has 2 heterocycles. The van der Waals surface area contributed by atoms with Crippen molar-refractivity contribution in [1.82, 2.24) is 10.3 Å². The molecule has 1 aliphatic rings. The van der Waals surface area contributed by atoms with Gasteiger partial charge in [-0.1, -0.05) is 18.2 Å². The van der Waals surface area contributed by atoms with Crippen LogP contribution < -0.4 is 10.2 Å². The average molecular weight is 327 g/mol. The lowest BCUT2D eigenvalue weighted by molar-refractivity contribution is 0.0947. The van der Waals surface area contributed by atoms with Crippen LogP contribution in [0.5, 0.6) is 0 Å². The summed E-state index contributed by atoms with van der Waals surface area (Å²) in [7, 11) is 0. The van der Waals surface area contributed by atoms with Gasteiger partial charge in [0.25, 0.3) is 5.91 Å². The van der Waals surface area contributed by atoms with Gasteiger partial charge in [-0.15, -0.1) is 11.8 Å². The number of hydrogen-bond acceptors (Lipinski definition) is 4. The smallest absolute Gasteiger partial charge is 0.254 e. The van der Waals surface area contributed by atoms with Crippen LogP contribution in [0.3, 0.4) is 0 Å². The number of nitrogens with one attached hydrogen (secondary N) is 1. The number of carbonyl (C=O) groups excluding carboxylic acids is 1. The molecular weight excluding hydrogens is 306 g/mol. The minimum atomic E-state index is -0.0395. The molecule has 23 heavy (non-hydrogen) atoms.